The van der Waals surface area contributed by atoms with Gasteiger partial charge in [0, 0.05) is 0 Å². The maximum Gasteiger partial charge on any atom is 0.239 e. The van der Waals surface area contributed by atoms with Crippen LogP contribution in [0.3, 0.4) is 0 Å². The molecule has 7 nitrogen and oxygen atoms in total. The lowest BCUT2D eigenvalue weighted by Crippen LogP contribution is -2.53. The Labute approximate surface area is 175 Å². The van der Waals surface area contributed by atoms with Gasteiger partial charge in [0.15, 0.2) is 11.5 Å². The Kier molecular flexibility index (Phi) is 9.42. The van der Waals surface area contributed by atoms with Crippen molar-refractivity contribution in [3.05, 3.63) is 23.8 Å². The molecule has 1 aromatic rings. The predicted molar refractivity (Wildman–Crippen MR) is 116 cm³/mol. The monoisotopic (exact) mass is 428 g/mol. The van der Waals surface area contributed by atoms with Crippen LogP contribution in [0.25, 0.3) is 0 Å². The third kappa shape index (κ3) is 8.62. The number of carbonyl (C=O) groups excluding carboxylic acids is 1. The van der Waals surface area contributed by atoms with Crippen LogP contribution >= 0.6 is 0 Å². The number of rotatable bonds is 11. The van der Waals surface area contributed by atoms with E-state index < -0.39 is 21.5 Å². The molecule has 2 atom stereocenters. The molecule has 0 unspecified atom stereocenters. The van der Waals surface area contributed by atoms with Gasteiger partial charge >= 0.3 is 0 Å². The molecular formula is C21H36N2O5S. The maximum atomic E-state index is 12.8. The molecule has 29 heavy (non-hydrogen) atoms. The molecule has 8 heteroatoms. The molecule has 0 saturated carbocycles. The molecule has 1 rings (SSSR count). The summed E-state index contributed by atoms with van der Waals surface area (Å²) in [5.74, 6) is 0.937. The zero-order valence-corrected chi connectivity index (χ0v) is 19.5. The first-order valence-electron chi connectivity index (χ1n) is 10.1. The second-order valence-electron chi connectivity index (χ2n) is 8.32. The minimum atomic E-state index is -3.53. The van der Waals surface area contributed by atoms with Crippen molar-refractivity contribution in [1.82, 2.24) is 10.0 Å². The normalized spacial score (nSPS) is 14.2. The van der Waals surface area contributed by atoms with Crippen LogP contribution in [0.15, 0.2) is 18.2 Å². The van der Waals surface area contributed by atoms with E-state index in [1.807, 2.05) is 59.7 Å². The highest BCUT2D eigenvalue weighted by atomic mass is 32.2. The van der Waals surface area contributed by atoms with Crippen molar-refractivity contribution in [2.45, 2.75) is 66.5 Å². The fraction of sp³-hybridized carbons (Fsp3) is 0.667. The van der Waals surface area contributed by atoms with E-state index in [4.69, 9.17) is 9.47 Å². The standard InChI is InChI=1S/C21H36N2O5S/c1-8-12-27-17-11-10-16(14-18(17)28-13-9-2)15(3)22-20(24)19(21(4,5)6)23-29(7,25)26/h10-11,14-15,19,23H,8-9,12-13H2,1-7H3,(H,22,24)/t15-,19-/m0/s1. The van der Waals surface area contributed by atoms with Gasteiger partial charge in [0.1, 0.15) is 6.04 Å². The first-order chi connectivity index (χ1) is 13.4. The van der Waals surface area contributed by atoms with Crippen molar-refractivity contribution in [3.63, 3.8) is 0 Å². The molecule has 0 fully saturated rings. The minimum absolute atomic E-state index is 0.335. The summed E-state index contributed by atoms with van der Waals surface area (Å²) in [7, 11) is -3.53. The first kappa shape index (κ1) is 25.2. The molecule has 0 spiro atoms. The van der Waals surface area contributed by atoms with Crippen LogP contribution in [-0.4, -0.2) is 39.8 Å². The van der Waals surface area contributed by atoms with E-state index in [-0.39, 0.29) is 11.9 Å². The van der Waals surface area contributed by atoms with Crippen molar-refractivity contribution in [3.8, 4) is 11.5 Å². The van der Waals surface area contributed by atoms with Gasteiger partial charge in [-0.05, 0) is 42.9 Å². The van der Waals surface area contributed by atoms with Gasteiger partial charge in [0.05, 0.1) is 25.5 Å². The van der Waals surface area contributed by atoms with Crippen LogP contribution in [0.2, 0.25) is 0 Å². The summed E-state index contributed by atoms with van der Waals surface area (Å²) in [5.41, 5.74) is 0.264. The van der Waals surface area contributed by atoms with Crippen LogP contribution in [0, 0.1) is 5.41 Å². The number of ether oxygens (including phenoxy) is 2. The highest BCUT2D eigenvalue weighted by Gasteiger charge is 2.34. The average molecular weight is 429 g/mol. The van der Waals surface area contributed by atoms with E-state index in [0.29, 0.717) is 24.7 Å². The van der Waals surface area contributed by atoms with Crippen LogP contribution in [0.5, 0.6) is 11.5 Å². The van der Waals surface area contributed by atoms with Crippen LogP contribution in [-0.2, 0) is 14.8 Å². The minimum Gasteiger partial charge on any atom is -0.490 e. The van der Waals surface area contributed by atoms with Gasteiger partial charge in [-0.15, -0.1) is 0 Å². The summed E-state index contributed by atoms with van der Waals surface area (Å²) in [6, 6.07) is 4.36. The first-order valence-corrected chi connectivity index (χ1v) is 11.9. The summed E-state index contributed by atoms with van der Waals surface area (Å²) in [4.78, 5) is 12.8. The third-order valence-corrected chi connectivity index (χ3v) is 4.87. The number of carbonyl (C=O) groups is 1. The Morgan fingerprint density at radius 1 is 1.07 bits per heavy atom. The summed E-state index contributed by atoms with van der Waals surface area (Å²) >= 11 is 0. The Hall–Kier alpha value is -1.80. The summed E-state index contributed by atoms with van der Waals surface area (Å²) in [5, 5.41) is 2.91. The SMILES string of the molecule is CCCOc1ccc([C@H](C)NC(=O)[C@H](NS(C)(=O)=O)C(C)(C)C)cc1OCCC. The van der Waals surface area contributed by atoms with Crippen molar-refractivity contribution in [2.24, 2.45) is 5.41 Å². The highest BCUT2D eigenvalue weighted by molar-refractivity contribution is 7.88. The molecule has 0 aliphatic carbocycles. The van der Waals surface area contributed by atoms with Gasteiger partial charge in [-0.1, -0.05) is 40.7 Å². The van der Waals surface area contributed by atoms with E-state index in [1.165, 1.54) is 0 Å². The number of hydrogen-bond donors (Lipinski definition) is 2. The molecule has 0 aromatic heterocycles. The number of nitrogens with one attached hydrogen (secondary N) is 2. The molecule has 0 radical (unpaired) electrons. The summed E-state index contributed by atoms with van der Waals surface area (Å²) < 4.78 is 37.4. The number of amides is 1. The maximum absolute atomic E-state index is 12.8. The molecule has 0 aliphatic rings. The van der Waals surface area contributed by atoms with Gasteiger partial charge < -0.3 is 14.8 Å². The molecule has 1 amide bonds. The lowest BCUT2D eigenvalue weighted by atomic mass is 9.86. The largest absolute Gasteiger partial charge is 0.490 e. The summed E-state index contributed by atoms with van der Waals surface area (Å²) in [6.45, 7) is 12.5. The molecular weight excluding hydrogens is 392 g/mol. The number of sulfonamides is 1. The van der Waals surface area contributed by atoms with Crippen molar-refractivity contribution < 1.29 is 22.7 Å². The predicted octanol–water partition coefficient (Wildman–Crippen LogP) is 3.41. The topological polar surface area (TPSA) is 93.7 Å². The Balaban J connectivity index is 3.03. The molecule has 2 N–H and O–H groups in total. The van der Waals surface area contributed by atoms with Crippen LogP contribution in [0.1, 0.15) is 66.0 Å². The Morgan fingerprint density at radius 3 is 2.10 bits per heavy atom. The van der Waals surface area contributed by atoms with Gasteiger partial charge in [-0.2, -0.15) is 0 Å². The molecule has 0 saturated heterocycles. The molecule has 1 aromatic carbocycles. The van der Waals surface area contributed by atoms with Gasteiger partial charge in [-0.3, -0.25) is 4.79 Å². The third-order valence-electron chi connectivity index (χ3n) is 4.21. The van der Waals surface area contributed by atoms with Crippen molar-refractivity contribution >= 4 is 15.9 Å². The molecule has 0 aliphatic heterocycles. The zero-order chi connectivity index (χ0) is 22.2. The molecule has 0 heterocycles. The van der Waals surface area contributed by atoms with E-state index >= 15 is 0 Å². The van der Waals surface area contributed by atoms with E-state index in [1.54, 1.807) is 0 Å². The highest BCUT2D eigenvalue weighted by Crippen LogP contribution is 2.31. The van der Waals surface area contributed by atoms with E-state index in [2.05, 4.69) is 10.0 Å². The number of benzene rings is 1. The van der Waals surface area contributed by atoms with Gasteiger partial charge in [0.25, 0.3) is 0 Å². The summed E-state index contributed by atoms with van der Waals surface area (Å²) in [6.07, 6.45) is 2.81. The lowest BCUT2D eigenvalue weighted by Gasteiger charge is -2.31. The quantitative estimate of drug-likeness (QED) is 0.563. The second kappa shape index (κ2) is 10.8. The van der Waals surface area contributed by atoms with E-state index in [0.717, 1.165) is 24.7 Å². The zero-order valence-electron chi connectivity index (χ0n) is 18.7. The van der Waals surface area contributed by atoms with Crippen LogP contribution < -0.4 is 19.5 Å². The Morgan fingerprint density at radius 2 is 1.62 bits per heavy atom. The second-order valence-corrected chi connectivity index (χ2v) is 10.1. The van der Waals surface area contributed by atoms with E-state index in [9.17, 15) is 13.2 Å². The van der Waals surface area contributed by atoms with Crippen molar-refractivity contribution in [2.75, 3.05) is 19.5 Å². The average Bonchev–Trinajstić information content (AvgIpc) is 2.61. The fourth-order valence-corrected chi connectivity index (χ4v) is 3.56. The van der Waals surface area contributed by atoms with Gasteiger partial charge in [-0.25, -0.2) is 13.1 Å². The smallest absolute Gasteiger partial charge is 0.239 e. The molecule has 0 bridgehead atoms. The molecule has 166 valence electrons. The number of hydrogen-bond acceptors (Lipinski definition) is 5. The van der Waals surface area contributed by atoms with Gasteiger partial charge in [0.2, 0.25) is 15.9 Å². The Bertz CT molecular complexity index is 772. The lowest BCUT2D eigenvalue weighted by molar-refractivity contribution is -0.125. The fourth-order valence-electron chi connectivity index (χ4n) is 2.67. The van der Waals surface area contributed by atoms with Crippen molar-refractivity contribution in [1.29, 1.82) is 0 Å². The van der Waals surface area contributed by atoms with Crippen LogP contribution in [0.4, 0.5) is 0 Å².